The van der Waals surface area contributed by atoms with Crippen LogP contribution in [0.3, 0.4) is 0 Å². The average molecular weight is 500 g/mol. The summed E-state index contributed by atoms with van der Waals surface area (Å²) in [6.07, 6.45) is 3.91. The summed E-state index contributed by atoms with van der Waals surface area (Å²) in [4.78, 5) is 32.5. The molecule has 0 aliphatic heterocycles. The average Bonchev–Trinajstić information content (AvgIpc) is 3.08. The third-order valence-electron chi connectivity index (χ3n) is 4.89. The highest BCUT2D eigenvalue weighted by molar-refractivity contribution is 14.1. The normalized spacial score (nSPS) is 14.2. The molecule has 0 bridgehead atoms. The summed E-state index contributed by atoms with van der Waals surface area (Å²) in [5.74, 6) is 0.535. The Morgan fingerprint density at radius 2 is 2.00 bits per heavy atom. The number of para-hydroxylation sites is 1. The number of benzene rings is 1. The van der Waals surface area contributed by atoms with Crippen molar-refractivity contribution in [3.8, 4) is 11.3 Å². The van der Waals surface area contributed by atoms with E-state index in [2.05, 4.69) is 43.2 Å². The van der Waals surface area contributed by atoms with E-state index in [1.54, 1.807) is 6.20 Å². The van der Waals surface area contributed by atoms with Gasteiger partial charge in [-0.2, -0.15) is 0 Å². The third kappa shape index (κ3) is 4.19. The van der Waals surface area contributed by atoms with Crippen LogP contribution in [0, 0.1) is 0 Å². The molecule has 148 valence electrons. The summed E-state index contributed by atoms with van der Waals surface area (Å²) in [7, 11) is 0. The van der Waals surface area contributed by atoms with Crippen molar-refractivity contribution in [2.75, 3.05) is 10.6 Å². The molecule has 1 aliphatic carbocycles. The molecule has 1 aromatic carbocycles. The number of halogens is 1. The van der Waals surface area contributed by atoms with E-state index in [0.29, 0.717) is 12.2 Å². The van der Waals surface area contributed by atoms with Crippen molar-refractivity contribution < 1.29 is 9.59 Å². The van der Waals surface area contributed by atoms with Gasteiger partial charge in [0.1, 0.15) is 5.82 Å². The number of alkyl halides is 1. The topological polar surface area (TPSA) is 86.9 Å². The lowest BCUT2D eigenvalue weighted by molar-refractivity contribution is -0.115. The van der Waals surface area contributed by atoms with Crippen molar-refractivity contribution in [2.45, 2.75) is 30.1 Å². The van der Waals surface area contributed by atoms with Crippen molar-refractivity contribution >= 4 is 51.5 Å². The lowest BCUT2D eigenvalue weighted by Crippen LogP contribution is -2.20. The number of aryl methyl sites for hydroxylation is 1. The van der Waals surface area contributed by atoms with Crippen molar-refractivity contribution in [2.24, 2.45) is 0 Å². The summed E-state index contributed by atoms with van der Waals surface area (Å²) >= 11 is 2.07. The van der Waals surface area contributed by atoms with Crippen LogP contribution in [0.4, 0.5) is 17.2 Å². The van der Waals surface area contributed by atoms with E-state index in [4.69, 9.17) is 0 Å². The summed E-state index contributed by atoms with van der Waals surface area (Å²) < 4.78 is -0.163. The largest absolute Gasteiger partial charge is 0.356 e. The molecule has 2 heterocycles. The molecule has 1 amide bonds. The zero-order valence-corrected chi connectivity index (χ0v) is 18.1. The van der Waals surface area contributed by atoms with Crippen molar-refractivity contribution in [1.82, 2.24) is 9.97 Å². The van der Waals surface area contributed by atoms with Gasteiger partial charge in [0.15, 0.2) is 5.78 Å². The number of aromatic amines is 1. The van der Waals surface area contributed by atoms with Crippen LogP contribution >= 0.6 is 22.6 Å². The Balaban J connectivity index is 1.77. The number of nitrogens with one attached hydrogen (secondary N) is 3. The molecular formula is C22H21IN4O2. The van der Waals surface area contributed by atoms with Crippen LogP contribution in [0.25, 0.3) is 11.3 Å². The fraction of sp³-hybridized carbons (Fsp3) is 0.227. The van der Waals surface area contributed by atoms with E-state index in [9.17, 15) is 9.59 Å². The van der Waals surface area contributed by atoms with Gasteiger partial charge in [-0.3, -0.25) is 9.59 Å². The molecule has 3 N–H and O–H groups in total. The molecule has 1 unspecified atom stereocenters. The maximum Gasteiger partial charge on any atom is 0.238 e. The number of pyridine rings is 1. The molecule has 3 aromatic rings. The summed E-state index contributed by atoms with van der Waals surface area (Å²) in [5.41, 5.74) is 5.07. The van der Waals surface area contributed by atoms with Gasteiger partial charge in [-0.25, -0.2) is 4.98 Å². The van der Waals surface area contributed by atoms with E-state index >= 15 is 0 Å². The van der Waals surface area contributed by atoms with Gasteiger partial charge in [-0.05, 0) is 44.0 Å². The van der Waals surface area contributed by atoms with E-state index in [0.717, 1.165) is 46.7 Å². The van der Waals surface area contributed by atoms with Crippen molar-refractivity contribution in [3.05, 3.63) is 59.9 Å². The van der Waals surface area contributed by atoms with Crippen molar-refractivity contribution in [1.29, 1.82) is 0 Å². The molecular weight excluding hydrogens is 479 g/mol. The third-order valence-corrected chi connectivity index (χ3v) is 5.46. The smallest absolute Gasteiger partial charge is 0.238 e. The number of Topliss-reactive ketones (excluding diaryl/α,β-unsaturated/α-hetero) is 1. The van der Waals surface area contributed by atoms with Gasteiger partial charge in [0.2, 0.25) is 5.91 Å². The Bertz CT molecular complexity index is 1060. The second-order valence-corrected chi connectivity index (χ2v) is 8.90. The van der Waals surface area contributed by atoms with E-state index in [-0.39, 0.29) is 15.6 Å². The van der Waals surface area contributed by atoms with Gasteiger partial charge < -0.3 is 15.6 Å². The van der Waals surface area contributed by atoms with Crippen LogP contribution in [-0.2, 0) is 11.2 Å². The maximum atomic E-state index is 12.7. The molecule has 7 heteroatoms. The Morgan fingerprint density at radius 1 is 1.21 bits per heavy atom. The fourth-order valence-corrected chi connectivity index (χ4v) is 3.64. The number of H-pyrrole nitrogens is 1. The Labute approximate surface area is 182 Å². The van der Waals surface area contributed by atoms with Gasteiger partial charge in [-0.15, -0.1) is 0 Å². The first-order chi connectivity index (χ1) is 14.0. The molecule has 0 radical (unpaired) electrons. The first-order valence-corrected chi connectivity index (χ1v) is 10.8. The van der Waals surface area contributed by atoms with Crippen LogP contribution in [-0.4, -0.2) is 25.6 Å². The second kappa shape index (κ2) is 8.36. The first-order valence-electron chi connectivity index (χ1n) is 9.54. The number of aromatic nitrogens is 2. The Morgan fingerprint density at radius 3 is 2.76 bits per heavy atom. The second-order valence-electron chi connectivity index (χ2n) is 7.03. The van der Waals surface area contributed by atoms with Crippen LogP contribution in [0.1, 0.15) is 35.8 Å². The molecule has 2 aromatic heterocycles. The molecule has 0 spiro atoms. The standard InChI is InChI=1S/C22H21IN4O2/c1-13(23)22(29)27-18-12-14(10-11-24-18)20-21(25-15-6-3-2-4-7-15)19-16(26-20)8-5-9-17(19)28/h2-4,6-7,10-13,25-26H,5,8-9H2,1H3,(H,24,27,29). The minimum Gasteiger partial charge on any atom is -0.356 e. The van der Waals surface area contributed by atoms with Gasteiger partial charge in [0.25, 0.3) is 0 Å². The van der Waals surface area contributed by atoms with E-state index in [1.165, 1.54) is 0 Å². The number of carbonyl (C=O) groups excluding carboxylic acids is 2. The number of hydrogen-bond acceptors (Lipinski definition) is 4. The van der Waals surface area contributed by atoms with Crippen LogP contribution in [0.15, 0.2) is 48.7 Å². The highest BCUT2D eigenvalue weighted by Crippen LogP contribution is 2.39. The first kappa shape index (κ1) is 19.6. The Hall–Kier alpha value is -2.68. The SMILES string of the molecule is CC(I)C(=O)Nc1cc(-c2[nH]c3c(c2Nc2ccccc2)C(=O)CCC3)ccn1. The zero-order valence-electron chi connectivity index (χ0n) is 16.0. The number of ketones is 1. The number of amides is 1. The number of anilines is 3. The number of fused-ring (bicyclic) bond motifs is 1. The summed E-state index contributed by atoms with van der Waals surface area (Å²) in [6, 6.07) is 13.5. The van der Waals surface area contributed by atoms with E-state index < -0.39 is 0 Å². The maximum absolute atomic E-state index is 12.7. The predicted molar refractivity (Wildman–Crippen MR) is 123 cm³/mol. The Kier molecular flexibility index (Phi) is 5.66. The number of hydrogen-bond donors (Lipinski definition) is 3. The van der Waals surface area contributed by atoms with E-state index in [1.807, 2.05) is 49.4 Å². The lowest BCUT2D eigenvalue weighted by Gasteiger charge is -2.14. The minimum atomic E-state index is -0.163. The number of rotatable bonds is 5. The number of carbonyl (C=O) groups is 2. The molecule has 0 fully saturated rings. The fourth-order valence-electron chi connectivity index (χ4n) is 3.49. The monoisotopic (exact) mass is 500 g/mol. The highest BCUT2D eigenvalue weighted by atomic mass is 127. The summed E-state index contributed by atoms with van der Waals surface area (Å²) in [6.45, 7) is 1.83. The molecule has 0 saturated heterocycles. The highest BCUT2D eigenvalue weighted by Gasteiger charge is 2.27. The number of nitrogens with zero attached hydrogens (tertiary/aromatic N) is 1. The molecule has 29 heavy (non-hydrogen) atoms. The minimum absolute atomic E-state index is 0.0983. The van der Waals surface area contributed by atoms with Crippen LogP contribution in [0.5, 0.6) is 0 Å². The zero-order chi connectivity index (χ0) is 20.4. The van der Waals surface area contributed by atoms with Crippen LogP contribution < -0.4 is 10.6 Å². The lowest BCUT2D eigenvalue weighted by atomic mass is 9.95. The van der Waals surface area contributed by atoms with Gasteiger partial charge in [0.05, 0.1) is 20.9 Å². The summed E-state index contributed by atoms with van der Waals surface area (Å²) in [5, 5.41) is 6.26. The van der Waals surface area contributed by atoms with Gasteiger partial charge in [0, 0.05) is 29.6 Å². The molecule has 4 rings (SSSR count). The predicted octanol–water partition coefficient (Wildman–Crippen LogP) is 5.10. The molecule has 6 nitrogen and oxygen atoms in total. The molecule has 1 aliphatic rings. The molecule has 0 saturated carbocycles. The quantitative estimate of drug-likeness (QED) is 0.336. The van der Waals surface area contributed by atoms with Gasteiger partial charge in [-0.1, -0.05) is 40.8 Å². The molecule has 1 atom stereocenters. The van der Waals surface area contributed by atoms with Gasteiger partial charge >= 0.3 is 0 Å². The van der Waals surface area contributed by atoms with Crippen LogP contribution in [0.2, 0.25) is 0 Å². The van der Waals surface area contributed by atoms with Crippen molar-refractivity contribution in [3.63, 3.8) is 0 Å².